The molecule has 0 atom stereocenters. The largest absolute Gasteiger partial charge is 0.492 e. The van der Waals surface area contributed by atoms with Gasteiger partial charge < -0.3 is 14.5 Å². The van der Waals surface area contributed by atoms with E-state index in [1.807, 2.05) is 60.4 Å². The van der Waals surface area contributed by atoms with Gasteiger partial charge in [-0.05, 0) is 24.6 Å². The summed E-state index contributed by atoms with van der Waals surface area (Å²) in [5, 5.41) is 0. The summed E-state index contributed by atoms with van der Waals surface area (Å²) in [6.45, 7) is 5.84. The van der Waals surface area contributed by atoms with Crippen molar-refractivity contribution in [3.8, 4) is 5.75 Å². The molecule has 1 amide bonds. The van der Waals surface area contributed by atoms with Gasteiger partial charge in [-0.2, -0.15) is 0 Å². The first kappa shape index (κ1) is 16.4. The smallest absolute Gasteiger partial charge is 0.227 e. The Morgan fingerprint density at radius 2 is 1.62 bits per heavy atom. The molecule has 1 heterocycles. The van der Waals surface area contributed by atoms with Crippen LogP contribution >= 0.6 is 0 Å². The molecule has 0 radical (unpaired) electrons. The SMILES string of the molecule is CCOc1ccccc1N1CCN(C(=O)Cc2ccccc2)CC1. The van der Waals surface area contributed by atoms with Crippen molar-refractivity contribution in [1.82, 2.24) is 4.90 Å². The minimum Gasteiger partial charge on any atom is -0.492 e. The highest BCUT2D eigenvalue weighted by Crippen LogP contribution is 2.28. The maximum absolute atomic E-state index is 12.5. The molecular weight excluding hydrogens is 300 g/mol. The average molecular weight is 324 g/mol. The molecule has 0 aliphatic carbocycles. The van der Waals surface area contributed by atoms with Gasteiger partial charge in [0.15, 0.2) is 0 Å². The molecule has 2 aromatic rings. The van der Waals surface area contributed by atoms with Gasteiger partial charge in [-0.15, -0.1) is 0 Å². The topological polar surface area (TPSA) is 32.8 Å². The van der Waals surface area contributed by atoms with Crippen molar-refractivity contribution in [2.75, 3.05) is 37.7 Å². The molecule has 0 unspecified atom stereocenters. The Labute approximate surface area is 143 Å². The highest BCUT2D eigenvalue weighted by molar-refractivity contribution is 5.79. The standard InChI is InChI=1S/C20H24N2O2/c1-2-24-19-11-7-6-10-18(19)21-12-14-22(15-13-21)20(23)16-17-8-4-3-5-9-17/h3-11H,2,12-16H2,1H3. The van der Waals surface area contributed by atoms with Crippen molar-refractivity contribution >= 4 is 11.6 Å². The molecule has 24 heavy (non-hydrogen) atoms. The van der Waals surface area contributed by atoms with Gasteiger partial charge >= 0.3 is 0 Å². The summed E-state index contributed by atoms with van der Waals surface area (Å²) < 4.78 is 5.72. The number of hydrogen-bond donors (Lipinski definition) is 0. The first-order valence-electron chi connectivity index (χ1n) is 8.56. The maximum atomic E-state index is 12.5. The van der Waals surface area contributed by atoms with E-state index in [1.54, 1.807) is 0 Å². The van der Waals surface area contributed by atoms with Crippen LogP contribution in [0.5, 0.6) is 5.75 Å². The van der Waals surface area contributed by atoms with Gasteiger partial charge in [0.25, 0.3) is 0 Å². The molecule has 0 spiro atoms. The fourth-order valence-corrected chi connectivity index (χ4v) is 3.08. The molecule has 0 bridgehead atoms. The van der Waals surface area contributed by atoms with E-state index in [0.717, 1.165) is 43.2 Å². The molecule has 3 rings (SSSR count). The van der Waals surface area contributed by atoms with Crippen LogP contribution in [0.25, 0.3) is 0 Å². The van der Waals surface area contributed by atoms with Gasteiger partial charge in [0, 0.05) is 26.2 Å². The summed E-state index contributed by atoms with van der Waals surface area (Å²) in [5.41, 5.74) is 2.20. The lowest BCUT2D eigenvalue weighted by Gasteiger charge is -2.36. The van der Waals surface area contributed by atoms with Crippen LogP contribution < -0.4 is 9.64 Å². The molecule has 4 heteroatoms. The van der Waals surface area contributed by atoms with Crippen LogP contribution in [-0.4, -0.2) is 43.6 Å². The number of piperazine rings is 1. The quantitative estimate of drug-likeness (QED) is 0.848. The molecule has 0 aromatic heterocycles. The highest BCUT2D eigenvalue weighted by atomic mass is 16.5. The molecule has 1 saturated heterocycles. The number of nitrogens with zero attached hydrogens (tertiary/aromatic N) is 2. The second-order valence-corrected chi connectivity index (χ2v) is 5.93. The molecule has 1 fully saturated rings. The zero-order valence-electron chi connectivity index (χ0n) is 14.1. The number of rotatable bonds is 5. The molecule has 0 saturated carbocycles. The van der Waals surface area contributed by atoms with E-state index in [-0.39, 0.29) is 5.91 Å². The second kappa shape index (κ2) is 7.86. The molecule has 2 aromatic carbocycles. The third kappa shape index (κ3) is 3.88. The molecule has 0 N–H and O–H groups in total. The average Bonchev–Trinajstić information content (AvgIpc) is 2.63. The molecule has 126 valence electrons. The predicted molar refractivity (Wildman–Crippen MR) is 96.6 cm³/mol. The summed E-state index contributed by atoms with van der Waals surface area (Å²) in [5.74, 6) is 1.13. The Balaban J connectivity index is 1.59. The summed E-state index contributed by atoms with van der Waals surface area (Å²) in [6.07, 6.45) is 0.483. The Morgan fingerprint density at radius 3 is 2.33 bits per heavy atom. The van der Waals surface area contributed by atoms with Crippen LogP contribution in [0.3, 0.4) is 0 Å². The van der Waals surface area contributed by atoms with E-state index in [2.05, 4.69) is 11.0 Å². The first-order valence-corrected chi connectivity index (χ1v) is 8.56. The lowest BCUT2D eigenvalue weighted by atomic mass is 10.1. The number of benzene rings is 2. The number of ether oxygens (including phenoxy) is 1. The van der Waals surface area contributed by atoms with Crippen LogP contribution in [-0.2, 0) is 11.2 Å². The van der Waals surface area contributed by atoms with E-state index >= 15 is 0 Å². The van der Waals surface area contributed by atoms with Crippen LogP contribution in [0.15, 0.2) is 54.6 Å². The predicted octanol–water partition coefficient (Wildman–Crippen LogP) is 2.98. The molecular formula is C20H24N2O2. The van der Waals surface area contributed by atoms with Gasteiger partial charge in [-0.3, -0.25) is 4.79 Å². The fourth-order valence-electron chi connectivity index (χ4n) is 3.08. The van der Waals surface area contributed by atoms with Crippen molar-refractivity contribution in [3.05, 3.63) is 60.2 Å². The van der Waals surface area contributed by atoms with E-state index in [4.69, 9.17) is 4.74 Å². The number of amides is 1. The van der Waals surface area contributed by atoms with Crippen molar-refractivity contribution in [2.24, 2.45) is 0 Å². The van der Waals surface area contributed by atoms with Crippen molar-refractivity contribution < 1.29 is 9.53 Å². The van der Waals surface area contributed by atoms with E-state index < -0.39 is 0 Å². The number of carbonyl (C=O) groups is 1. The van der Waals surface area contributed by atoms with Crippen LogP contribution in [0.2, 0.25) is 0 Å². The van der Waals surface area contributed by atoms with Crippen molar-refractivity contribution in [2.45, 2.75) is 13.3 Å². The fraction of sp³-hybridized carbons (Fsp3) is 0.350. The van der Waals surface area contributed by atoms with Gasteiger partial charge in [0.1, 0.15) is 5.75 Å². The summed E-state index contributed by atoms with van der Waals surface area (Å²) in [7, 11) is 0. The number of hydrogen-bond acceptors (Lipinski definition) is 3. The van der Waals surface area contributed by atoms with Gasteiger partial charge in [-0.1, -0.05) is 42.5 Å². The maximum Gasteiger partial charge on any atom is 0.227 e. The Hall–Kier alpha value is -2.49. The molecule has 1 aliphatic rings. The minimum atomic E-state index is 0.207. The Bertz CT molecular complexity index is 664. The normalized spacial score (nSPS) is 14.5. The lowest BCUT2D eigenvalue weighted by Crippen LogP contribution is -2.49. The van der Waals surface area contributed by atoms with Crippen LogP contribution in [0.4, 0.5) is 5.69 Å². The molecule has 1 aliphatic heterocycles. The zero-order chi connectivity index (χ0) is 16.8. The van der Waals surface area contributed by atoms with Gasteiger partial charge in [0.05, 0.1) is 18.7 Å². The van der Waals surface area contributed by atoms with E-state index in [0.29, 0.717) is 13.0 Å². The van der Waals surface area contributed by atoms with Gasteiger partial charge in [0.2, 0.25) is 5.91 Å². The monoisotopic (exact) mass is 324 g/mol. The number of para-hydroxylation sites is 2. The zero-order valence-corrected chi connectivity index (χ0v) is 14.1. The minimum absolute atomic E-state index is 0.207. The van der Waals surface area contributed by atoms with Gasteiger partial charge in [-0.25, -0.2) is 0 Å². The number of carbonyl (C=O) groups excluding carboxylic acids is 1. The first-order chi connectivity index (χ1) is 11.8. The van der Waals surface area contributed by atoms with Crippen molar-refractivity contribution in [3.63, 3.8) is 0 Å². The van der Waals surface area contributed by atoms with Crippen LogP contribution in [0.1, 0.15) is 12.5 Å². The Morgan fingerprint density at radius 1 is 0.958 bits per heavy atom. The van der Waals surface area contributed by atoms with E-state index in [9.17, 15) is 4.79 Å². The third-order valence-corrected chi connectivity index (χ3v) is 4.34. The molecule has 4 nitrogen and oxygen atoms in total. The van der Waals surface area contributed by atoms with Crippen molar-refractivity contribution in [1.29, 1.82) is 0 Å². The number of anilines is 1. The summed E-state index contributed by atoms with van der Waals surface area (Å²) >= 11 is 0. The summed E-state index contributed by atoms with van der Waals surface area (Å²) in [6, 6.07) is 18.1. The summed E-state index contributed by atoms with van der Waals surface area (Å²) in [4.78, 5) is 16.7. The lowest BCUT2D eigenvalue weighted by molar-refractivity contribution is -0.130. The van der Waals surface area contributed by atoms with Crippen LogP contribution in [0, 0.1) is 0 Å². The third-order valence-electron chi connectivity index (χ3n) is 4.34. The van der Waals surface area contributed by atoms with E-state index in [1.165, 1.54) is 0 Å². The Kier molecular flexibility index (Phi) is 5.36. The highest BCUT2D eigenvalue weighted by Gasteiger charge is 2.22. The second-order valence-electron chi connectivity index (χ2n) is 5.93.